The molecule has 0 bridgehead atoms. The molecule has 0 saturated carbocycles. The third-order valence-corrected chi connectivity index (χ3v) is 3.25. The van der Waals surface area contributed by atoms with E-state index in [1.165, 1.54) is 0 Å². The van der Waals surface area contributed by atoms with Gasteiger partial charge in [0.15, 0.2) is 0 Å². The van der Waals surface area contributed by atoms with Crippen LogP contribution in [0.25, 0.3) is 0 Å². The number of nitrogens with one attached hydrogen (secondary N) is 2. The molecule has 1 aromatic carbocycles. The van der Waals surface area contributed by atoms with Gasteiger partial charge in [-0.3, -0.25) is 0 Å². The average molecular weight is 260 g/mol. The fourth-order valence-electron chi connectivity index (χ4n) is 1.50. The Morgan fingerprint density at radius 2 is 1.89 bits per heavy atom. The molecule has 0 radical (unpaired) electrons. The number of aryl methyl sites for hydroxylation is 1. The number of carbonyl (C=O) groups excluding carboxylic acids is 1. The molecule has 1 aromatic rings. The highest BCUT2D eigenvalue weighted by Crippen LogP contribution is 2.23. The molecular formula is C16H24N2O. The Labute approximate surface area is 116 Å². The molecule has 0 saturated heterocycles. The van der Waals surface area contributed by atoms with E-state index in [9.17, 15) is 4.79 Å². The number of amides is 2. The van der Waals surface area contributed by atoms with Crippen LogP contribution in [0.4, 0.5) is 10.5 Å². The zero-order valence-electron chi connectivity index (χ0n) is 12.5. The van der Waals surface area contributed by atoms with Crippen molar-refractivity contribution in [3.8, 4) is 0 Å². The number of carbonyl (C=O) groups is 1. The minimum absolute atomic E-state index is 0.0641. The quantitative estimate of drug-likeness (QED) is 0.835. The Hall–Kier alpha value is -1.77. The predicted octanol–water partition coefficient (Wildman–Crippen LogP) is 4.32. The number of hydrogen-bond donors (Lipinski definition) is 2. The van der Waals surface area contributed by atoms with E-state index in [4.69, 9.17) is 0 Å². The SMILES string of the molecule is CCc1ccccc1NC(=O)N/C=C(\C)C(C)(C)C. The molecule has 2 N–H and O–H groups in total. The van der Waals surface area contributed by atoms with Crippen LogP contribution in [0, 0.1) is 5.41 Å². The smallest absolute Gasteiger partial charge is 0.314 e. The number of anilines is 1. The van der Waals surface area contributed by atoms with Crippen LogP contribution >= 0.6 is 0 Å². The van der Waals surface area contributed by atoms with Crippen molar-refractivity contribution >= 4 is 11.7 Å². The summed E-state index contributed by atoms with van der Waals surface area (Å²) < 4.78 is 0. The molecule has 0 aromatic heterocycles. The van der Waals surface area contributed by atoms with E-state index in [1.807, 2.05) is 31.2 Å². The Morgan fingerprint density at radius 3 is 2.47 bits per heavy atom. The molecule has 0 heterocycles. The molecule has 0 aliphatic rings. The fourth-order valence-corrected chi connectivity index (χ4v) is 1.50. The molecule has 19 heavy (non-hydrogen) atoms. The molecule has 3 heteroatoms. The molecule has 1 rings (SSSR count). The van der Waals surface area contributed by atoms with Gasteiger partial charge < -0.3 is 10.6 Å². The van der Waals surface area contributed by atoms with Gasteiger partial charge in [-0.25, -0.2) is 4.79 Å². The van der Waals surface area contributed by atoms with Crippen molar-refractivity contribution in [1.29, 1.82) is 0 Å². The fraction of sp³-hybridized carbons (Fsp3) is 0.438. The van der Waals surface area contributed by atoms with Crippen LogP contribution in [0.15, 0.2) is 36.0 Å². The first kappa shape index (κ1) is 15.3. The Morgan fingerprint density at radius 1 is 1.26 bits per heavy atom. The van der Waals surface area contributed by atoms with E-state index in [0.29, 0.717) is 0 Å². The van der Waals surface area contributed by atoms with Gasteiger partial charge in [-0.2, -0.15) is 0 Å². The molecular weight excluding hydrogens is 236 g/mol. The molecule has 0 unspecified atom stereocenters. The van der Waals surface area contributed by atoms with Gasteiger partial charge in [0.1, 0.15) is 0 Å². The highest BCUT2D eigenvalue weighted by molar-refractivity contribution is 5.90. The van der Waals surface area contributed by atoms with E-state index in [0.717, 1.165) is 23.2 Å². The Kier molecular flexibility index (Phi) is 5.16. The third kappa shape index (κ3) is 4.78. The predicted molar refractivity (Wildman–Crippen MR) is 81.2 cm³/mol. The van der Waals surface area contributed by atoms with Crippen LogP contribution in [0.2, 0.25) is 0 Å². The number of urea groups is 1. The van der Waals surface area contributed by atoms with E-state index in [1.54, 1.807) is 6.20 Å². The topological polar surface area (TPSA) is 41.1 Å². The van der Waals surface area contributed by atoms with Gasteiger partial charge in [-0.1, -0.05) is 51.5 Å². The zero-order chi connectivity index (χ0) is 14.5. The van der Waals surface area contributed by atoms with Crippen molar-refractivity contribution in [1.82, 2.24) is 5.32 Å². The second kappa shape index (κ2) is 6.41. The van der Waals surface area contributed by atoms with Crippen molar-refractivity contribution in [3.05, 3.63) is 41.6 Å². The Balaban J connectivity index is 2.66. The van der Waals surface area contributed by atoms with Gasteiger partial charge in [0.2, 0.25) is 0 Å². The number of para-hydroxylation sites is 1. The second-order valence-corrected chi connectivity index (χ2v) is 5.69. The van der Waals surface area contributed by atoms with Gasteiger partial charge in [-0.15, -0.1) is 0 Å². The summed E-state index contributed by atoms with van der Waals surface area (Å²) in [4.78, 5) is 11.8. The molecule has 0 fully saturated rings. The molecule has 0 aliphatic heterocycles. The first-order valence-corrected chi connectivity index (χ1v) is 6.67. The van der Waals surface area contributed by atoms with Gasteiger partial charge in [0.05, 0.1) is 0 Å². The van der Waals surface area contributed by atoms with Crippen LogP contribution in [0.1, 0.15) is 40.2 Å². The minimum atomic E-state index is -0.204. The van der Waals surface area contributed by atoms with Crippen LogP contribution in [0.5, 0.6) is 0 Å². The molecule has 0 spiro atoms. The minimum Gasteiger partial charge on any atom is -0.314 e. The summed E-state index contributed by atoms with van der Waals surface area (Å²) in [7, 11) is 0. The van der Waals surface area contributed by atoms with Crippen molar-refractivity contribution in [2.75, 3.05) is 5.32 Å². The lowest BCUT2D eigenvalue weighted by molar-refractivity contribution is 0.255. The zero-order valence-corrected chi connectivity index (χ0v) is 12.5. The summed E-state index contributed by atoms with van der Waals surface area (Å²) in [5.41, 5.74) is 3.19. The van der Waals surface area contributed by atoms with Crippen molar-refractivity contribution in [2.24, 2.45) is 5.41 Å². The standard InChI is InChI=1S/C16H24N2O/c1-6-13-9-7-8-10-14(13)18-15(19)17-11-12(2)16(3,4)5/h7-11H,6H2,1-5H3,(H2,17,18,19)/b12-11+. The second-order valence-electron chi connectivity index (χ2n) is 5.69. The average Bonchev–Trinajstić information content (AvgIpc) is 2.35. The lowest BCUT2D eigenvalue weighted by Gasteiger charge is -2.19. The lowest BCUT2D eigenvalue weighted by atomic mass is 9.88. The van der Waals surface area contributed by atoms with E-state index in [2.05, 4.69) is 38.3 Å². The highest BCUT2D eigenvalue weighted by Gasteiger charge is 2.12. The normalized spacial score (nSPS) is 12.2. The summed E-state index contributed by atoms with van der Waals surface area (Å²) in [5.74, 6) is 0. The summed E-state index contributed by atoms with van der Waals surface area (Å²) in [6, 6.07) is 7.63. The Bertz CT molecular complexity index is 470. The van der Waals surface area contributed by atoms with Gasteiger partial charge in [0.25, 0.3) is 0 Å². The third-order valence-electron chi connectivity index (χ3n) is 3.25. The molecule has 3 nitrogen and oxygen atoms in total. The summed E-state index contributed by atoms with van der Waals surface area (Å²) in [6.07, 6.45) is 2.66. The first-order chi connectivity index (χ1) is 8.84. The molecule has 0 atom stereocenters. The van der Waals surface area contributed by atoms with Crippen molar-refractivity contribution < 1.29 is 4.79 Å². The maximum Gasteiger partial charge on any atom is 0.323 e. The van der Waals surface area contributed by atoms with Crippen LogP contribution in [-0.2, 0) is 6.42 Å². The van der Waals surface area contributed by atoms with E-state index < -0.39 is 0 Å². The van der Waals surface area contributed by atoms with E-state index in [-0.39, 0.29) is 11.4 Å². The van der Waals surface area contributed by atoms with Crippen LogP contribution in [0.3, 0.4) is 0 Å². The van der Waals surface area contributed by atoms with E-state index >= 15 is 0 Å². The largest absolute Gasteiger partial charge is 0.323 e. The molecule has 2 amide bonds. The monoisotopic (exact) mass is 260 g/mol. The summed E-state index contributed by atoms with van der Waals surface area (Å²) in [6.45, 7) is 10.4. The number of rotatable bonds is 3. The molecule has 104 valence electrons. The first-order valence-electron chi connectivity index (χ1n) is 6.67. The van der Waals surface area contributed by atoms with Crippen LogP contribution in [-0.4, -0.2) is 6.03 Å². The number of hydrogen-bond acceptors (Lipinski definition) is 1. The van der Waals surface area contributed by atoms with Gasteiger partial charge >= 0.3 is 6.03 Å². The number of benzene rings is 1. The maximum atomic E-state index is 11.8. The maximum absolute atomic E-state index is 11.8. The summed E-state index contributed by atoms with van der Waals surface area (Å²) in [5, 5.41) is 5.65. The van der Waals surface area contributed by atoms with Gasteiger partial charge in [-0.05, 0) is 30.4 Å². The van der Waals surface area contributed by atoms with Crippen molar-refractivity contribution in [2.45, 2.75) is 41.0 Å². The summed E-state index contributed by atoms with van der Waals surface area (Å²) >= 11 is 0. The number of allylic oxidation sites excluding steroid dienone is 1. The lowest BCUT2D eigenvalue weighted by Crippen LogP contribution is -2.25. The molecule has 0 aliphatic carbocycles. The van der Waals surface area contributed by atoms with Crippen LogP contribution < -0.4 is 10.6 Å². The highest BCUT2D eigenvalue weighted by atomic mass is 16.2. The van der Waals surface area contributed by atoms with Crippen molar-refractivity contribution in [3.63, 3.8) is 0 Å². The van der Waals surface area contributed by atoms with Gasteiger partial charge in [0, 0.05) is 11.9 Å².